The number of para-hydroxylation sites is 1. The maximum absolute atomic E-state index is 12.3. The van der Waals surface area contributed by atoms with Gasteiger partial charge in [0.1, 0.15) is 0 Å². The van der Waals surface area contributed by atoms with Gasteiger partial charge in [0, 0.05) is 11.4 Å². The molecule has 0 heterocycles. The van der Waals surface area contributed by atoms with Crippen LogP contribution in [0.2, 0.25) is 10.0 Å². The van der Waals surface area contributed by atoms with Crippen LogP contribution in [-0.4, -0.2) is 11.7 Å². The molecular weight excluding hydrogens is 361 g/mol. The van der Waals surface area contributed by atoms with Crippen molar-refractivity contribution in [3.63, 3.8) is 0 Å². The summed E-state index contributed by atoms with van der Waals surface area (Å²) in [5.74, 6) is 1.15. The maximum Gasteiger partial charge on any atom is 0.234 e. The number of hydrogen-bond donors (Lipinski definition) is 1. The summed E-state index contributed by atoms with van der Waals surface area (Å²) in [7, 11) is 0. The zero-order valence-corrected chi connectivity index (χ0v) is 16.2. The van der Waals surface area contributed by atoms with E-state index in [1.165, 1.54) is 11.1 Å². The van der Waals surface area contributed by atoms with Crippen LogP contribution in [0.4, 0.5) is 5.69 Å². The molecule has 0 fully saturated rings. The van der Waals surface area contributed by atoms with Crippen molar-refractivity contribution >= 4 is 46.6 Å². The molecule has 5 heteroatoms. The molecule has 0 aromatic heterocycles. The van der Waals surface area contributed by atoms with Gasteiger partial charge in [-0.2, -0.15) is 0 Å². The van der Waals surface area contributed by atoms with Gasteiger partial charge in [0.2, 0.25) is 5.91 Å². The normalized spacial score (nSPS) is 10.7. The van der Waals surface area contributed by atoms with Crippen molar-refractivity contribution in [3.8, 4) is 0 Å². The molecule has 2 rings (SSSR count). The Kier molecular flexibility index (Phi) is 7.47. The molecule has 0 aliphatic heterocycles. The van der Waals surface area contributed by atoms with E-state index in [2.05, 4.69) is 31.3 Å². The predicted molar refractivity (Wildman–Crippen MR) is 106 cm³/mol. The van der Waals surface area contributed by atoms with Gasteiger partial charge in [-0.05, 0) is 41.7 Å². The fourth-order valence-electron chi connectivity index (χ4n) is 2.47. The third-order valence-electron chi connectivity index (χ3n) is 3.75. The van der Waals surface area contributed by atoms with E-state index >= 15 is 0 Å². The SMILES string of the molecule is CCc1cccc(CC)c1NC(=O)CSCc1ccc(Cl)c(Cl)c1. The lowest BCUT2D eigenvalue weighted by atomic mass is 10.0. The fourth-order valence-corrected chi connectivity index (χ4v) is 3.57. The van der Waals surface area contributed by atoms with E-state index < -0.39 is 0 Å². The topological polar surface area (TPSA) is 29.1 Å². The van der Waals surface area contributed by atoms with Crippen LogP contribution < -0.4 is 5.32 Å². The number of benzene rings is 2. The number of carbonyl (C=O) groups is 1. The fraction of sp³-hybridized carbons (Fsp3) is 0.316. The quantitative estimate of drug-likeness (QED) is 0.637. The van der Waals surface area contributed by atoms with Crippen LogP contribution in [0.5, 0.6) is 0 Å². The molecular formula is C19H21Cl2NOS. The van der Waals surface area contributed by atoms with Crippen LogP contribution >= 0.6 is 35.0 Å². The average molecular weight is 382 g/mol. The van der Waals surface area contributed by atoms with E-state index in [1.54, 1.807) is 17.8 Å². The molecule has 0 bridgehead atoms. The van der Waals surface area contributed by atoms with E-state index in [1.807, 2.05) is 18.2 Å². The molecule has 2 aromatic rings. The minimum Gasteiger partial charge on any atom is -0.325 e. The van der Waals surface area contributed by atoms with Gasteiger partial charge in [-0.1, -0.05) is 61.3 Å². The number of amides is 1. The lowest BCUT2D eigenvalue weighted by Crippen LogP contribution is -2.16. The zero-order chi connectivity index (χ0) is 17.5. The molecule has 0 aliphatic rings. The summed E-state index contributed by atoms with van der Waals surface area (Å²) in [6.45, 7) is 4.20. The molecule has 0 spiro atoms. The van der Waals surface area contributed by atoms with E-state index in [0.29, 0.717) is 15.8 Å². The summed E-state index contributed by atoms with van der Waals surface area (Å²) in [5.41, 5.74) is 4.39. The number of nitrogens with one attached hydrogen (secondary N) is 1. The van der Waals surface area contributed by atoms with Crippen LogP contribution in [0.25, 0.3) is 0 Å². The van der Waals surface area contributed by atoms with Gasteiger partial charge < -0.3 is 5.32 Å². The first-order valence-corrected chi connectivity index (χ1v) is 9.88. The molecule has 0 saturated carbocycles. The van der Waals surface area contributed by atoms with E-state index in [4.69, 9.17) is 23.2 Å². The summed E-state index contributed by atoms with van der Waals surface area (Å²) in [6.07, 6.45) is 1.81. The summed E-state index contributed by atoms with van der Waals surface area (Å²) in [4.78, 5) is 12.3. The highest BCUT2D eigenvalue weighted by Crippen LogP contribution is 2.25. The molecule has 0 aliphatic carbocycles. The van der Waals surface area contributed by atoms with Gasteiger partial charge in [0.15, 0.2) is 0 Å². The molecule has 0 radical (unpaired) electrons. The minimum absolute atomic E-state index is 0.0238. The van der Waals surface area contributed by atoms with Gasteiger partial charge in [-0.25, -0.2) is 0 Å². The Morgan fingerprint density at radius 1 is 1.04 bits per heavy atom. The second kappa shape index (κ2) is 9.36. The van der Waals surface area contributed by atoms with Crippen LogP contribution in [-0.2, 0) is 23.4 Å². The molecule has 0 atom stereocenters. The summed E-state index contributed by atoms with van der Waals surface area (Å²) < 4.78 is 0. The number of anilines is 1. The third-order valence-corrected chi connectivity index (χ3v) is 5.49. The number of rotatable bonds is 7. The molecule has 0 saturated heterocycles. The van der Waals surface area contributed by atoms with Crippen molar-refractivity contribution in [2.75, 3.05) is 11.1 Å². The third kappa shape index (κ3) is 5.17. The smallest absolute Gasteiger partial charge is 0.234 e. The summed E-state index contributed by atoms with van der Waals surface area (Å²) in [6, 6.07) is 11.7. The van der Waals surface area contributed by atoms with E-state index in [-0.39, 0.29) is 5.91 Å². The van der Waals surface area contributed by atoms with Crippen molar-refractivity contribution in [2.24, 2.45) is 0 Å². The zero-order valence-electron chi connectivity index (χ0n) is 13.9. The van der Waals surface area contributed by atoms with Crippen molar-refractivity contribution in [1.29, 1.82) is 0 Å². The largest absolute Gasteiger partial charge is 0.325 e. The van der Waals surface area contributed by atoms with Crippen molar-refractivity contribution in [2.45, 2.75) is 32.4 Å². The molecule has 128 valence electrons. The lowest BCUT2D eigenvalue weighted by Gasteiger charge is -2.14. The molecule has 2 aromatic carbocycles. The van der Waals surface area contributed by atoms with Crippen LogP contribution in [0.15, 0.2) is 36.4 Å². The maximum atomic E-state index is 12.3. The Bertz CT molecular complexity index is 696. The van der Waals surface area contributed by atoms with Crippen LogP contribution in [0.3, 0.4) is 0 Å². The highest BCUT2D eigenvalue weighted by Gasteiger charge is 2.10. The Morgan fingerprint density at radius 2 is 1.71 bits per heavy atom. The minimum atomic E-state index is 0.0238. The number of carbonyl (C=O) groups excluding carboxylic acids is 1. The van der Waals surface area contributed by atoms with Gasteiger partial charge in [-0.15, -0.1) is 11.8 Å². The summed E-state index contributed by atoms with van der Waals surface area (Å²) >= 11 is 13.5. The number of halogens is 2. The Balaban J connectivity index is 1.93. The van der Waals surface area contributed by atoms with Gasteiger partial charge in [0.05, 0.1) is 15.8 Å². The Labute approximate surface area is 157 Å². The van der Waals surface area contributed by atoms with Crippen molar-refractivity contribution in [3.05, 3.63) is 63.1 Å². The molecule has 2 nitrogen and oxygen atoms in total. The number of hydrogen-bond acceptors (Lipinski definition) is 2. The second-order valence-corrected chi connectivity index (χ2v) is 7.25. The summed E-state index contributed by atoms with van der Waals surface area (Å²) in [5, 5.41) is 4.17. The number of thioether (sulfide) groups is 1. The Hall–Kier alpha value is -1.16. The molecule has 0 unspecified atom stereocenters. The first-order valence-electron chi connectivity index (χ1n) is 7.97. The first-order chi connectivity index (χ1) is 11.5. The molecule has 24 heavy (non-hydrogen) atoms. The van der Waals surface area contributed by atoms with E-state index in [9.17, 15) is 4.79 Å². The second-order valence-electron chi connectivity index (χ2n) is 5.45. The molecule has 1 N–H and O–H groups in total. The Morgan fingerprint density at radius 3 is 2.29 bits per heavy atom. The van der Waals surface area contributed by atoms with Gasteiger partial charge >= 0.3 is 0 Å². The number of aryl methyl sites for hydroxylation is 2. The monoisotopic (exact) mass is 381 g/mol. The molecule has 1 amide bonds. The van der Waals surface area contributed by atoms with Gasteiger partial charge in [-0.3, -0.25) is 4.79 Å². The highest BCUT2D eigenvalue weighted by molar-refractivity contribution is 7.99. The van der Waals surface area contributed by atoms with E-state index in [0.717, 1.165) is 29.8 Å². The van der Waals surface area contributed by atoms with Crippen molar-refractivity contribution in [1.82, 2.24) is 0 Å². The highest BCUT2D eigenvalue weighted by atomic mass is 35.5. The van der Waals surface area contributed by atoms with Crippen LogP contribution in [0, 0.1) is 0 Å². The van der Waals surface area contributed by atoms with Gasteiger partial charge in [0.25, 0.3) is 0 Å². The average Bonchev–Trinajstić information content (AvgIpc) is 2.58. The lowest BCUT2D eigenvalue weighted by molar-refractivity contribution is -0.113. The standard InChI is InChI=1S/C19H21Cl2NOS/c1-3-14-6-5-7-15(4-2)19(14)22-18(23)12-24-11-13-8-9-16(20)17(21)10-13/h5-10H,3-4,11-12H2,1-2H3,(H,22,23). The first kappa shape index (κ1) is 19.2. The predicted octanol–water partition coefficient (Wildman–Crippen LogP) is 5.99. The van der Waals surface area contributed by atoms with Crippen LogP contribution in [0.1, 0.15) is 30.5 Å². The van der Waals surface area contributed by atoms with Crippen molar-refractivity contribution < 1.29 is 4.79 Å².